The van der Waals surface area contributed by atoms with Gasteiger partial charge in [0.2, 0.25) is 5.91 Å². The molecule has 1 N–H and O–H groups in total. The van der Waals surface area contributed by atoms with E-state index in [1.807, 2.05) is 13.1 Å². The summed E-state index contributed by atoms with van der Waals surface area (Å²) in [7, 11) is 0. The Kier molecular flexibility index (Phi) is 4.24. The monoisotopic (exact) mass is 287 g/mol. The number of rotatable bonds is 5. The Morgan fingerprint density at radius 2 is 2.29 bits per heavy atom. The van der Waals surface area contributed by atoms with Crippen molar-refractivity contribution in [3.05, 3.63) is 29.1 Å². The third kappa shape index (κ3) is 3.43. The maximum atomic E-state index is 12.0. The highest BCUT2D eigenvalue weighted by Gasteiger charge is 2.37. The first kappa shape index (κ1) is 14.5. The molecule has 0 radical (unpaired) electrons. The second-order valence-corrected chi connectivity index (χ2v) is 6.60. The SMILES string of the molecule is Cc1cc(CNC(=O)CCN2C[C@@H]3CC[C@H]2C3)cnc1C. The van der Waals surface area contributed by atoms with Crippen LogP contribution in [0.1, 0.15) is 42.5 Å². The van der Waals surface area contributed by atoms with E-state index in [1.54, 1.807) is 0 Å². The average Bonchev–Trinajstić information content (AvgIpc) is 3.09. The van der Waals surface area contributed by atoms with Gasteiger partial charge in [0.1, 0.15) is 0 Å². The molecule has 0 spiro atoms. The van der Waals surface area contributed by atoms with Crippen molar-refractivity contribution in [2.45, 2.75) is 52.1 Å². The molecule has 2 fully saturated rings. The number of hydrogen-bond acceptors (Lipinski definition) is 3. The summed E-state index contributed by atoms with van der Waals surface area (Å²) in [4.78, 5) is 18.8. The van der Waals surface area contributed by atoms with Crippen LogP contribution in [0.2, 0.25) is 0 Å². The Hall–Kier alpha value is -1.42. The van der Waals surface area contributed by atoms with E-state index in [-0.39, 0.29) is 5.91 Å². The molecule has 114 valence electrons. The lowest BCUT2D eigenvalue weighted by atomic mass is 10.1. The van der Waals surface area contributed by atoms with Gasteiger partial charge in [-0.1, -0.05) is 6.07 Å². The van der Waals surface area contributed by atoms with E-state index in [2.05, 4.69) is 28.2 Å². The highest BCUT2D eigenvalue weighted by Crippen LogP contribution is 2.37. The van der Waals surface area contributed by atoms with Gasteiger partial charge in [-0.3, -0.25) is 14.7 Å². The molecule has 1 aliphatic carbocycles. The zero-order valence-electron chi connectivity index (χ0n) is 13.1. The van der Waals surface area contributed by atoms with E-state index in [4.69, 9.17) is 0 Å². The summed E-state index contributed by atoms with van der Waals surface area (Å²) in [6, 6.07) is 2.86. The Morgan fingerprint density at radius 1 is 1.43 bits per heavy atom. The molecule has 2 bridgehead atoms. The van der Waals surface area contributed by atoms with Crippen LogP contribution in [0, 0.1) is 19.8 Å². The number of nitrogens with one attached hydrogen (secondary N) is 1. The van der Waals surface area contributed by atoms with E-state index >= 15 is 0 Å². The quantitative estimate of drug-likeness (QED) is 0.903. The Morgan fingerprint density at radius 3 is 2.95 bits per heavy atom. The third-order valence-electron chi connectivity index (χ3n) is 5.04. The first-order valence-electron chi connectivity index (χ1n) is 8.04. The second kappa shape index (κ2) is 6.14. The fraction of sp³-hybridized carbons (Fsp3) is 0.647. The lowest BCUT2D eigenvalue weighted by Crippen LogP contribution is -2.35. The summed E-state index contributed by atoms with van der Waals surface area (Å²) >= 11 is 0. The van der Waals surface area contributed by atoms with Crippen molar-refractivity contribution in [1.29, 1.82) is 0 Å². The summed E-state index contributed by atoms with van der Waals surface area (Å²) in [5.41, 5.74) is 3.30. The van der Waals surface area contributed by atoms with Gasteiger partial charge in [0.25, 0.3) is 0 Å². The number of carbonyl (C=O) groups is 1. The fourth-order valence-electron chi connectivity index (χ4n) is 3.63. The number of likely N-dealkylation sites (tertiary alicyclic amines) is 1. The highest BCUT2D eigenvalue weighted by molar-refractivity contribution is 5.76. The largest absolute Gasteiger partial charge is 0.352 e. The van der Waals surface area contributed by atoms with Gasteiger partial charge in [-0.15, -0.1) is 0 Å². The topological polar surface area (TPSA) is 45.2 Å². The number of fused-ring (bicyclic) bond motifs is 2. The van der Waals surface area contributed by atoms with Crippen LogP contribution in [0.4, 0.5) is 0 Å². The number of nitrogens with zero attached hydrogens (tertiary/aromatic N) is 2. The molecule has 3 rings (SSSR count). The van der Waals surface area contributed by atoms with Crippen molar-refractivity contribution in [2.75, 3.05) is 13.1 Å². The Balaban J connectivity index is 1.41. The molecular formula is C17H25N3O. The van der Waals surface area contributed by atoms with Gasteiger partial charge >= 0.3 is 0 Å². The molecule has 2 aliphatic rings. The predicted octanol–water partition coefficient (Wildman–Crippen LogP) is 2.19. The number of amides is 1. The van der Waals surface area contributed by atoms with Gasteiger partial charge < -0.3 is 5.32 Å². The zero-order chi connectivity index (χ0) is 14.8. The summed E-state index contributed by atoms with van der Waals surface area (Å²) < 4.78 is 0. The molecule has 1 aliphatic heterocycles. The van der Waals surface area contributed by atoms with Crippen LogP contribution >= 0.6 is 0 Å². The minimum Gasteiger partial charge on any atom is -0.352 e. The van der Waals surface area contributed by atoms with Crippen molar-refractivity contribution < 1.29 is 4.79 Å². The highest BCUT2D eigenvalue weighted by atomic mass is 16.1. The van der Waals surface area contributed by atoms with Crippen molar-refractivity contribution in [3.63, 3.8) is 0 Å². The first-order chi connectivity index (χ1) is 10.1. The van der Waals surface area contributed by atoms with Crippen LogP contribution in [-0.2, 0) is 11.3 Å². The van der Waals surface area contributed by atoms with E-state index < -0.39 is 0 Å². The second-order valence-electron chi connectivity index (χ2n) is 6.60. The third-order valence-corrected chi connectivity index (χ3v) is 5.04. The molecule has 1 aromatic heterocycles. The van der Waals surface area contributed by atoms with Gasteiger partial charge in [0.15, 0.2) is 0 Å². The predicted molar refractivity (Wildman–Crippen MR) is 82.9 cm³/mol. The Labute approximate surface area is 126 Å². The number of carbonyl (C=O) groups excluding carboxylic acids is 1. The van der Waals surface area contributed by atoms with E-state index in [0.717, 1.165) is 29.8 Å². The smallest absolute Gasteiger partial charge is 0.221 e. The fourth-order valence-corrected chi connectivity index (χ4v) is 3.63. The molecule has 1 saturated carbocycles. The van der Waals surface area contributed by atoms with Crippen molar-refractivity contribution >= 4 is 5.91 Å². The normalized spacial score (nSPS) is 24.5. The molecule has 2 heterocycles. The summed E-state index contributed by atoms with van der Waals surface area (Å²) in [6.07, 6.45) is 6.55. The van der Waals surface area contributed by atoms with Gasteiger partial charge in [0.05, 0.1) is 0 Å². The number of hydrogen-bond donors (Lipinski definition) is 1. The summed E-state index contributed by atoms with van der Waals surface area (Å²) in [6.45, 7) is 6.76. The number of aromatic nitrogens is 1. The first-order valence-corrected chi connectivity index (χ1v) is 8.04. The minimum absolute atomic E-state index is 0.149. The number of pyridine rings is 1. The molecule has 1 amide bonds. The van der Waals surface area contributed by atoms with Crippen LogP contribution in [0.3, 0.4) is 0 Å². The molecule has 0 unspecified atom stereocenters. The van der Waals surface area contributed by atoms with Crippen molar-refractivity contribution in [3.8, 4) is 0 Å². The van der Waals surface area contributed by atoms with Crippen molar-refractivity contribution in [1.82, 2.24) is 15.2 Å². The minimum atomic E-state index is 0.149. The van der Waals surface area contributed by atoms with E-state index in [0.29, 0.717) is 13.0 Å². The standard InChI is InChI=1S/C17H25N3O/c1-12-7-15(9-18-13(12)2)10-19-17(21)5-6-20-11-14-3-4-16(20)8-14/h7,9,14,16H,3-6,8,10-11H2,1-2H3,(H,19,21)/t14-,16+/m1/s1. The zero-order valence-corrected chi connectivity index (χ0v) is 13.1. The summed E-state index contributed by atoms with van der Waals surface area (Å²) in [5.74, 6) is 1.05. The van der Waals surface area contributed by atoms with Gasteiger partial charge in [-0.05, 0) is 50.2 Å². The van der Waals surface area contributed by atoms with Crippen LogP contribution in [0.5, 0.6) is 0 Å². The van der Waals surface area contributed by atoms with Gasteiger partial charge in [0, 0.05) is 44.0 Å². The average molecular weight is 287 g/mol. The molecule has 21 heavy (non-hydrogen) atoms. The van der Waals surface area contributed by atoms with Crippen LogP contribution in [-0.4, -0.2) is 34.9 Å². The van der Waals surface area contributed by atoms with Crippen LogP contribution in [0.25, 0.3) is 0 Å². The van der Waals surface area contributed by atoms with Gasteiger partial charge in [-0.25, -0.2) is 0 Å². The lowest BCUT2D eigenvalue weighted by Gasteiger charge is -2.26. The maximum Gasteiger partial charge on any atom is 0.221 e. The molecule has 4 heteroatoms. The lowest BCUT2D eigenvalue weighted by molar-refractivity contribution is -0.121. The Bertz CT molecular complexity index is 529. The number of piperidine rings is 1. The van der Waals surface area contributed by atoms with E-state index in [1.165, 1.54) is 31.4 Å². The van der Waals surface area contributed by atoms with E-state index in [9.17, 15) is 4.79 Å². The summed E-state index contributed by atoms with van der Waals surface area (Å²) in [5, 5.41) is 3.01. The van der Waals surface area contributed by atoms with Gasteiger partial charge in [-0.2, -0.15) is 0 Å². The molecular weight excluding hydrogens is 262 g/mol. The van der Waals surface area contributed by atoms with Crippen LogP contribution < -0.4 is 5.32 Å². The molecule has 1 aromatic rings. The number of aryl methyl sites for hydroxylation is 2. The molecule has 4 nitrogen and oxygen atoms in total. The molecule has 2 atom stereocenters. The van der Waals surface area contributed by atoms with Crippen LogP contribution in [0.15, 0.2) is 12.3 Å². The maximum absolute atomic E-state index is 12.0. The molecule has 1 saturated heterocycles. The molecule has 0 aromatic carbocycles. The van der Waals surface area contributed by atoms with Crippen molar-refractivity contribution in [2.24, 2.45) is 5.92 Å².